The summed E-state index contributed by atoms with van der Waals surface area (Å²) in [5.74, 6) is -0.263. The van der Waals surface area contributed by atoms with E-state index in [-0.39, 0.29) is 11.8 Å². The number of nitrogens with one attached hydrogen (secondary N) is 2. The predicted molar refractivity (Wildman–Crippen MR) is 88.0 cm³/mol. The van der Waals surface area contributed by atoms with E-state index in [1.165, 1.54) is 16.9 Å². The minimum absolute atomic E-state index is 0.0898. The van der Waals surface area contributed by atoms with Crippen LogP contribution < -0.4 is 10.6 Å². The van der Waals surface area contributed by atoms with Crippen LogP contribution in [0, 0.1) is 6.92 Å². The summed E-state index contributed by atoms with van der Waals surface area (Å²) in [7, 11) is 0. The Morgan fingerprint density at radius 2 is 2.05 bits per heavy atom. The highest BCUT2D eigenvalue weighted by molar-refractivity contribution is 7.12. The first kappa shape index (κ1) is 14.8. The molecule has 114 valence electrons. The average molecular weight is 314 g/mol. The van der Waals surface area contributed by atoms with Gasteiger partial charge >= 0.3 is 0 Å². The second-order valence-corrected chi connectivity index (χ2v) is 6.40. The minimum Gasteiger partial charge on any atom is -0.354 e. The number of aryl methyl sites for hydroxylation is 1. The number of piperidine rings is 1. The lowest BCUT2D eigenvalue weighted by Gasteiger charge is -2.22. The van der Waals surface area contributed by atoms with Gasteiger partial charge in [-0.1, -0.05) is 29.8 Å². The molecule has 1 aromatic heterocycles. The van der Waals surface area contributed by atoms with Crippen molar-refractivity contribution >= 4 is 23.2 Å². The van der Waals surface area contributed by atoms with Gasteiger partial charge in [-0.25, -0.2) is 0 Å². The van der Waals surface area contributed by atoms with Gasteiger partial charge in [0.1, 0.15) is 6.04 Å². The largest absolute Gasteiger partial charge is 0.354 e. The molecule has 2 aromatic rings. The van der Waals surface area contributed by atoms with Gasteiger partial charge in [-0.2, -0.15) is 0 Å². The molecule has 2 amide bonds. The predicted octanol–water partition coefficient (Wildman–Crippen LogP) is 2.73. The number of hydrogen-bond donors (Lipinski definition) is 2. The third-order valence-corrected chi connectivity index (χ3v) is 4.74. The van der Waals surface area contributed by atoms with Crippen LogP contribution in [-0.2, 0) is 4.79 Å². The van der Waals surface area contributed by atoms with Gasteiger partial charge in [0.05, 0.1) is 4.88 Å². The summed E-state index contributed by atoms with van der Waals surface area (Å²) in [5, 5.41) is 7.54. The molecule has 0 aliphatic carbocycles. The van der Waals surface area contributed by atoms with E-state index < -0.39 is 6.04 Å². The Hall–Kier alpha value is -2.14. The van der Waals surface area contributed by atoms with Gasteiger partial charge in [-0.05, 0) is 36.8 Å². The van der Waals surface area contributed by atoms with Crippen LogP contribution in [0.2, 0.25) is 0 Å². The number of carbonyl (C=O) groups is 2. The Morgan fingerprint density at radius 3 is 2.77 bits per heavy atom. The van der Waals surface area contributed by atoms with Gasteiger partial charge in [-0.15, -0.1) is 11.3 Å². The molecule has 2 heterocycles. The molecule has 0 spiro atoms. The van der Waals surface area contributed by atoms with Crippen LogP contribution in [-0.4, -0.2) is 24.4 Å². The van der Waals surface area contributed by atoms with Crippen molar-refractivity contribution in [3.63, 3.8) is 0 Å². The first-order chi connectivity index (χ1) is 10.6. The summed E-state index contributed by atoms with van der Waals surface area (Å²) < 4.78 is 0. The van der Waals surface area contributed by atoms with Crippen LogP contribution in [0.25, 0.3) is 11.1 Å². The van der Waals surface area contributed by atoms with Crippen molar-refractivity contribution in [3.8, 4) is 11.1 Å². The lowest BCUT2D eigenvalue weighted by Crippen LogP contribution is -2.50. The van der Waals surface area contributed by atoms with Crippen molar-refractivity contribution in [1.29, 1.82) is 0 Å². The van der Waals surface area contributed by atoms with Crippen LogP contribution in [0.1, 0.15) is 28.1 Å². The highest BCUT2D eigenvalue weighted by atomic mass is 32.1. The molecule has 0 radical (unpaired) electrons. The highest BCUT2D eigenvalue weighted by Gasteiger charge is 2.25. The maximum absolute atomic E-state index is 12.5. The number of amides is 2. The maximum Gasteiger partial charge on any atom is 0.262 e. The first-order valence-electron chi connectivity index (χ1n) is 7.38. The number of hydrogen-bond acceptors (Lipinski definition) is 3. The SMILES string of the molecule is Cc1ccc(-c2ccsc2C(=O)NC2CCCNC2=O)cc1. The van der Waals surface area contributed by atoms with Crippen LogP contribution in [0.5, 0.6) is 0 Å². The van der Waals surface area contributed by atoms with E-state index in [9.17, 15) is 9.59 Å². The van der Waals surface area contributed by atoms with E-state index in [1.54, 1.807) is 0 Å². The molecule has 0 saturated carbocycles. The second kappa shape index (κ2) is 6.32. The molecule has 0 bridgehead atoms. The second-order valence-electron chi connectivity index (χ2n) is 5.49. The molecule has 5 heteroatoms. The van der Waals surface area contributed by atoms with E-state index >= 15 is 0 Å². The molecule has 1 unspecified atom stereocenters. The molecule has 4 nitrogen and oxygen atoms in total. The fourth-order valence-corrected chi connectivity index (χ4v) is 3.40. The minimum atomic E-state index is -0.422. The number of benzene rings is 1. The van der Waals surface area contributed by atoms with Crippen LogP contribution in [0.3, 0.4) is 0 Å². The van der Waals surface area contributed by atoms with Crippen molar-refractivity contribution in [1.82, 2.24) is 10.6 Å². The van der Waals surface area contributed by atoms with Crippen molar-refractivity contribution in [3.05, 3.63) is 46.2 Å². The summed E-state index contributed by atoms with van der Waals surface area (Å²) in [4.78, 5) is 24.9. The zero-order valence-electron chi connectivity index (χ0n) is 12.4. The van der Waals surface area contributed by atoms with E-state index in [0.29, 0.717) is 17.8 Å². The number of thiophene rings is 1. The number of carbonyl (C=O) groups excluding carboxylic acids is 2. The molecular formula is C17H18N2O2S. The quantitative estimate of drug-likeness (QED) is 0.915. The van der Waals surface area contributed by atoms with Gasteiger partial charge in [0.25, 0.3) is 5.91 Å². The summed E-state index contributed by atoms with van der Waals surface area (Å²) in [5.41, 5.74) is 3.12. The Labute approximate surface area is 133 Å². The normalized spacial score (nSPS) is 17.9. The molecule has 1 aromatic carbocycles. The highest BCUT2D eigenvalue weighted by Crippen LogP contribution is 2.28. The van der Waals surface area contributed by atoms with E-state index in [4.69, 9.17) is 0 Å². The molecule has 1 fully saturated rings. The van der Waals surface area contributed by atoms with Crippen LogP contribution >= 0.6 is 11.3 Å². The van der Waals surface area contributed by atoms with Crippen molar-refractivity contribution in [2.45, 2.75) is 25.8 Å². The third kappa shape index (κ3) is 3.04. The fourth-order valence-electron chi connectivity index (χ4n) is 2.58. The van der Waals surface area contributed by atoms with Crippen molar-refractivity contribution in [2.75, 3.05) is 6.54 Å². The first-order valence-corrected chi connectivity index (χ1v) is 8.26. The zero-order valence-corrected chi connectivity index (χ0v) is 13.2. The smallest absolute Gasteiger partial charge is 0.262 e. The Bertz CT molecular complexity index is 691. The summed E-state index contributed by atoms with van der Waals surface area (Å²) in [6.45, 7) is 2.73. The molecule has 2 N–H and O–H groups in total. The van der Waals surface area contributed by atoms with Gasteiger partial charge in [0, 0.05) is 12.1 Å². The zero-order chi connectivity index (χ0) is 15.5. The monoisotopic (exact) mass is 314 g/mol. The van der Waals surface area contributed by atoms with Crippen molar-refractivity contribution in [2.24, 2.45) is 0 Å². The van der Waals surface area contributed by atoms with E-state index in [1.807, 2.05) is 42.6 Å². The van der Waals surface area contributed by atoms with Gasteiger partial charge in [-0.3, -0.25) is 9.59 Å². The van der Waals surface area contributed by atoms with E-state index in [0.717, 1.165) is 17.5 Å². The molecule has 1 aliphatic rings. The summed E-state index contributed by atoms with van der Waals surface area (Å²) in [6, 6.07) is 9.62. The molecule has 1 saturated heterocycles. The van der Waals surface area contributed by atoms with Gasteiger partial charge in [0.15, 0.2) is 0 Å². The van der Waals surface area contributed by atoms with Crippen LogP contribution in [0.15, 0.2) is 35.7 Å². The lowest BCUT2D eigenvalue weighted by atomic mass is 10.0. The van der Waals surface area contributed by atoms with Crippen molar-refractivity contribution < 1.29 is 9.59 Å². The lowest BCUT2D eigenvalue weighted by molar-refractivity contribution is -0.124. The van der Waals surface area contributed by atoms with Gasteiger partial charge in [0.2, 0.25) is 5.91 Å². The number of rotatable bonds is 3. The molecular weight excluding hydrogens is 296 g/mol. The standard InChI is InChI=1S/C17H18N2O2S/c1-11-4-6-12(7-5-11)13-8-10-22-15(13)17(21)19-14-3-2-9-18-16(14)20/h4-8,10,14H,2-3,9H2,1H3,(H,18,20)(H,19,21). The summed E-state index contributed by atoms with van der Waals surface area (Å²) in [6.07, 6.45) is 1.59. The Morgan fingerprint density at radius 1 is 1.27 bits per heavy atom. The Kier molecular flexibility index (Phi) is 4.24. The van der Waals surface area contributed by atoms with E-state index in [2.05, 4.69) is 10.6 Å². The Balaban J connectivity index is 1.80. The average Bonchev–Trinajstić information content (AvgIpc) is 3.00. The fraction of sp³-hybridized carbons (Fsp3) is 0.294. The molecule has 3 rings (SSSR count). The maximum atomic E-state index is 12.5. The van der Waals surface area contributed by atoms with Crippen LogP contribution in [0.4, 0.5) is 0 Å². The van der Waals surface area contributed by atoms with Gasteiger partial charge < -0.3 is 10.6 Å². The molecule has 1 aliphatic heterocycles. The topological polar surface area (TPSA) is 58.2 Å². The molecule has 1 atom stereocenters. The third-order valence-electron chi connectivity index (χ3n) is 3.82. The molecule has 22 heavy (non-hydrogen) atoms. The summed E-state index contributed by atoms with van der Waals surface area (Å²) >= 11 is 1.40.